The van der Waals surface area contributed by atoms with Gasteiger partial charge in [0, 0.05) is 47.2 Å². The van der Waals surface area contributed by atoms with Crippen LogP contribution < -0.4 is 10.1 Å². The van der Waals surface area contributed by atoms with Crippen molar-refractivity contribution in [1.29, 1.82) is 0 Å². The molecule has 3 N–H and O–H groups in total. The second-order valence-electron chi connectivity index (χ2n) is 9.14. The van der Waals surface area contributed by atoms with Crippen molar-refractivity contribution in [2.75, 3.05) is 12.4 Å². The van der Waals surface area contributed by atoms with Crippen LogP contribution in [0.3, 0.4) is 0 Å². The number of aromatic amines is 2. The molecule has 0 atom stereocenters. The van der Waals surface area contributed by atoms with Gasteiger partial charge in [0.05, 0.1) is 41.4 Å². The molecule has 0 fully saturated rings. The second kappa shape index (κ2) is 9.02. The van der Waals surface area contributed by atoms with Crippen LogP contribution in [0, 0.1) is 5.82 Å². The van der Waals surface area contributed by atoms with E-state index in [4.69, 9.17) is 9.72 Å². The lowest BCUT2D eigenvalue weighted by atomic mass is 10.0. The molecule has 0 unspecified atom stereocenters. The van der Waals surface area contributed by atoms with Crippen LogP contribution in [0.25, 0.3) is 55.7 Å². The number of nitrogens with one attached hydrogen (secondary N) is 3. The largest absolute Gasteiger partial charge is 0.497 e. The number of pyridine rings is 3. The summed E-state index contributed by atoms with van der Waals surface area (Å²) in [6, 6.07) is 12.8. The molecular formula is C28H24FN7O. The average Bonchev–Trinajstić information content (AvgIpc) is 3.51. The highest BCUT2D eigenvalue weighted by Crippen LogP contribution is 2.35. The first-order valence-electron chi connectivity index (χ1n) is 11.9. The van der Waals surface area contributed by atoms with E-state index in [2.05, 4.69) is 44.3 Å². The van der Waals surface area contributed by atoms with E-state index in [1.807, 2.05) is 24.3 Å². The molecule has 0 bridgehead atoms. The van der Waals surface area contributed by atoms with Gasteiger partial charge in [0.15, 0.2) is 0 Å². The zero-order valence-corrected chi connectivity index (χ0v) is 20.5. The van der Waals surface area contributed by atoms with Gasteiger partial charge in [0.2, 0.25) is 0 Å². The van der Waals surface area contributed by atoms with Crippen LogP contribution in [-0.4, -0.2) is 43.3 Å². The fourth-order valence-electron chi connectivity index (χ4n) is 4.48. The van der Waals surface area contributed by atoms with Crippen LogP contribution in [0.1, 0.15) is 13.8 Å². The molecule has 0 saturated carbocycles. The number of nitrogens with zero attached hydrogens (tertiary/aromatic N) is 4. The third-order valence-corrected chi connectivity index (χ3v) is 6.12. The fraction of sp³-hybridized carbons (Fsp3) is 0.143. The molecule has 0 saturated heterocycles. The molecule has 0 spiro atoms. The maximum absolute atomic E-state index is 14.2. The first kappa shape index (κ1) is 22.7. The van der Waals surface area contributed by atoms with E-state index >= 15 is 0 Å². The first-order valence-corrected chi connectivity index (χ1v) is 11.9. The monoisotopic (exact) mass is 493 g/mol. The number of fused-ring (bicyclic) bond motifs is 2. The van der Waals surface area contributed by atoms with Crippen molar-refractivity contribution in [2.24, 2.45) is 0 Å². The lowest BCUT2D eigenvalue weighted by Gasteiger charge is -2.10. The Morgan fingerprint density at radius 2 is 1.78 bits per heavy atom. The smallest absolute Gasteiger partial charge is 0.135 e. The van der Waals surface area contributed by atoms with Crippen molar-refractivity contribution in [2.45, 2.75) is 19.9 Å². The van der Waals surface area contributed by atoms with E-state index in [1.165, 1.54) is 19.2 Å². The maximum Gasteiger partial charge on any atom is 0.135 e. The molecule has 0 aliphatic rings. The minimum Gasteiger partial charge on any atom is -0.497 e. The Kier molecular flexibility index (Phi) is 5.52. The van der Waals surface area contributed by atoms with Crippen LogP contribution in [0.5, 0.6) is 5.75 Å². The number of halogens is 1. The first-order chi connectivity index (χ1) is 18.0. The van der Waals surface area contributed by atoms with E-state index in [9.17, 15) is 4.39 Å². The summed E-state index contributed by atoms with van der Waals surface area (Å²) in [5.41, 5.74) is 7.90. The standard InChI is InChI=1S/C28H24FN7O/c1-15(2)32-19-7-17(11-30-12-19)23-4-5-24-27(34-23)28(36-35-24)25-10-21-22(13-31-14-26(21)33-25)16-6-18(29)9-20(8-16)37-3/h4-15,32-33H,1-3H3,(H,35,36). The van der Waals surface area contributed by atoms with Gasteiger partial charge >= 0.3 is 0 Å². The minimum atomic E-state index is -0.376. The molecule has 5 heterocycles. The number of rotatable bonds is 6. The normalized spacial score (nSPS) is 11.5. The summed E-state index contributed by atoms with van der Waals surface area (Å²) in [4.78, 5) is 17.1. The highest BCUT2D eigenvalue weighted by atomic mass is 19.1. The highest BCUT2D eigenvalue weighted by Gasteiger charge is 2.16. The van der Waals surface area contributed by atoms with Crippen molar-refractivity contribution in [3.63, 3.8) is 0 Å². The van der Waals surface area contributed by atoms with Gasteiger partial charge in [-0.1, -0.05) is 0 Å². The van der Waals surface area contributed by atoms with Crippen LogP contribution in [-0.2, 0) is 0 Å². The number of aromatic nitrogens is 6. The Morgan fingerprint density at radius 1 is 0.919 bits per heavy atom. The van der Waals surface area contributed by atoms with Crippen molar-refractivity contribution >= 4 is 27.6 Å². The lowest BCUT2D eigenvalue weighted by molar-refractivity contribution is 0.411. The van der Waals surface area contributed by atoms with Crippen molar-refractivity contribution in [3.8, 4) is 39.5 Å². The van der Waals surface area contributed by atoms with Crippen molar-refractivity contribution in [1.82, 2.24) is 30.1 Å². The van der Waals surface area contributed by atoms with Gasteiger partial charge in [0.1, 0.15) is 22.8 Å². The predicted octanol–water partition coefficient (Wildman–Crippen LogP) is 6.20. The van der Waals surface area contributed by atoms with E-state index in [0.29, 0.717) is 23.0 Å². The van der Waals surface area contributed by atoms with Gasteiger partial charge < -0.3 is 15.0 Å². The van der Waals surface area contributed by atoms with Crippen LogP contribution in [0.15, 0.2) is 67.3 Å². The SMILES string of the molecule is COc1cc(F)cc(-c2cncc3[nH]c(-c4n[nH]c5ccc(-c6cncc(NC(C)C)c6)nc45)cc23)c1. The molecule has 5 aromatic heterocycles. The Morgan fingerprint density at radius 3 is 2.62 bits per heavy atom. The van der Waals surface area contributed by atoms with Gasteiger partial charge in [-0.25, -0.2) is 9.37 Å². The maximum atomic E-state index is 14.2. The molecule has 0 aliphatic carbocycles. The molecule has 9 heteroatoms. The lowest BCUT2D eigenvalue weighted by Crippen LogP contribution is -2.09. The molecule has 8 nitrogen and oxygen atoms in total. The summed E-state index contributed by atoms with van der Waals surface area (Å²) >= 11 is 0. The number of hydrogen-bond donors (Lipinski definition) is 3. The summed E-state index contributed by atoms with van der Waals surface area (Å²) in [5.74, 6) is 0.0687. The summed E-state index contributed by atoms with van der Waals surface area (Å²) in [7, 11) is 1.52. The quantitative estimate of drug-likeness (QED) is 0.255. The Labute approximate surface area is 212 Å². The van der Waals surface area contributed by atoms with Gasteiger partial charge in [-0.05, 0) is 55.8 Å². The summed E-state index contributed by atoms with van der Waals surface area (Å²) < 4.78 is 19.5. The number of ether oxygens (including phenoxy) is 1. The van der Waals surface area contributed by atoms with Gasteiger partial charge in [0.25, 0.3) is 0 Å². The average molecular weight is 494 g/mol. The number of anilines is 1. The Balaban J connectivity index is 1.45. The molecule has 6 rings (SSSR count). The summed E-state index contributed by atoms with van der Waals surface area (Å²) in [6.45, 7) is 4.17. The molecule has 184 valence electrons. The van der Waals surface area contributed by atoms with E-state index in [0.717, 1.165) is 50.1 Å². The molecular weight excluding hydrogens is 469 g/mol. The summed E-state index contributed by atoms with van der Waals surface area (Å²) in [5, 5.41) is 11.9. The van der Waals surface area contributed by atoms with Crippen LogP contribution in [0.4, 0.5) is 10.1 Å². The zero-order valence-electron chi connectivity index (χ0n) is 20.5. The molecule has 37 heavy (non-hydrogen) atoms. The number of methoxy groups -OCH3 is 1. The van der Waals surface area contributed by atoms with Crippen LogP contribution in [0.2, 0.25) is 0 Å². The van der Waals surface area contributed by atoms with E-state index in [1.54, 1.807) is 30.9 Å². The number of benzene rings is 1. The molecule has 0 aliphatic heterocycles. The highest BCUT2D eigenvalue weighted by molar-refractivity contribution is 6.00. The second-order valence-corrected chi connectivity index (χ2v) is 9.14. The van der Waals surface area contributed by atoms with Gasteiger partial charge in [-0.2, -0.15) is 5.10 Å². The Bertz CT molecular complexity index is 1760. The third-order valence-electron chi connectivity index (χ3n) is 6.12. The van der Waals surface area contributed by atoms with Crippen molar-refractivity contribution in [3.05, 3.63) is 73.1 Å². The fourth-order valence-corrected chi connectivity index (χ4v) is 4.48. The zero-order chi connectivity index (χ0) is 25.5. The molecule has 0 amide bonds. The molecule has 0 radical (unpaired) electrons. The number of hydrogen-bond acceptors (Lipinski definition) is 6. The third kappa shape index (κ3) is 4.24. The van der Waals surface area contributed by atoms with E-state index < -0.39 is 0 Å². The topological polar surface area (TPSA) is 104 Å². The Hall–Kier alpha value is -4.79. The summed E-state index contributed by atoms with van der Waals surface area (Å²) in [6.07, 6.45) is 7.06. The molecule has 6 aromatic rings. The van der Waals surface area contributed by atoms with Gasteiger partial charge in [-0.15, -0.1) is 0 Å². The van der Waals surface area contributed by atoms with Crippen LogP contribution >= 0.6 is 0 Å². The predicted molar refractivity (Wildman–Crippen MR) is 143 cm³/mol. The minimum absolute atomic E-state index is 0.294. The molecule has 1 aromatic carbocycles. The van der Waals surface area contributed by atoms with Crippen molar-refractivity contribution < 1.29 is 9.13 Å². The number of H-pyrrole nitrogens is 2. The van der Waals surface area contributed by atoms with E-state index in [-0.39, 0.29) is 5.82 Å². The van der Waals surface area contributed by atoms with Gasteiger partial charge in [-0.3, -0.25) is 15.1 Å².